The number of hydrogen-bond donors (Lipinski definition) is 1. The molecule has 0 radical (unpaired) electrons. The van der Waals surface area contributed by atoms with Crippen molar-refractivity contribution in [3.05, 3.63) is 37.6 Å². The quantitative estimate of drug-likeness (QED) is 0.842. The van der Waals surface area contributed by atoms with Crippen LogP contribution in [0.1, 0.15) is 12.5 Å². The van der Waals surface area contributed by atoms with Gasteiger partial charge in [-0.25, -0.2) is 4.79 Å². The Morgan fingerprint density at radius 2 is 2.31 bits per heavy atom. The minimum Gasteiger partial charge on any atom is -0.300 e. The first kappa shape index (κ1) is 9.98. The average Bonchev–Trinajstić information content (AvgIpc) is 2.10. The summed E-state index contributed by atoms with van der Waals surface area (Å²) in [5.74, 6) is 0. The lowest BCUT2D eigenvalue weighted by molar-refractivity contribution is 0.691. The van der Waals surface area contributed by atoms with Gasteiger partial charge in [0.2, 0.25) is 0 Å². The Morgan fingerprint density at radius 3 is 2.85 bits per heavy atom. The number of H-pyrrole nitrogens is 1. The van der Waals surface area contributed by atoms with Crippen molar-refractivity contribution in [2.45, 2.75) is 13.5 Å². The van der Waals surface area contributed by atoms with E-state index in [0.29, 0.717) is 12.1 Å². The summed E-state index contributed by atoms with van der Waals surface area (Å²) in [5.41, 5.74) is -0.289. The maximum Gasteiger partial charge on any atom is 0.328 e. The van der Waals surface area contributed by atoms with Gasteiger partial charge in [0.15, 0.2) is 0 Å². The summed E-state index contributed by atoms with van der Waals surface area (Å²) in [7, 11) is 0. The summed E-state index contributed by atoms with van der Waals surface area (Å²) < 4.78 is 1.43. The summed E-state index contributed by atoms with van der Waals surface area (Å²) in [4.78, 5) is 26.1. The molecule has 0 saturated carbocycles. The van der Waals surface area contributed by atoms with Crippen molar-refractivity contribution in [2.75, 3.05) is 0 Å². The molecule has 1 N–H and O–H groups in total. The molecule has 0 unspecified atom stereocenters. The average molecular weight is 245 g/mol. The number of halogens is 1. The maximum atomic E-state index is 11.2. The highest BCUT2D eigenvalue weighted by molar-refractivity contribution is 9.11. The van der Waals surface area contributed by atoms with Gasteiger partial charge in [0.05, 0.1) is 5.56 Å². The summed E-state index contributed by atoms with van der Waals surface area (Å²) in [6.07, 6.45) is 3.11. The summed E-state index contributed by atoms with van der Waals surface area (Å²) in [6.45, 7) is 2.38. The minimum atomic E-state index is -0.376. The molecule has 0 aliphatic carbocycles. The van der Waals surface area contributed by atoms with E-state index in [1.165, 1.54) is 10.8 Å². The smallest absolute Gasteiger partial charge is 0.300 e. The van der Waals surface area contributed by atoms with Crippen LogP contribution in [0.3, 0.4) is 0 Å². The molecule has 0 aromatic carbocycles. The first-order chi connectivity index (χ1) is 6.19. The Hall–Kier alpha value is -1.10. The van der Waals surface area contributed by atoms with Crippen molar-refractivity contribution < 1.29 is 0 Å². The molecule has 0 spiro atoms. The summed E-state index contributed by atoms with van der Waals surface area (Å²) in [6, 6.07) is 0. The molecule has 0 bridgehead atoms. The molecular weight excluding hydrogens is 236 g/mol. The van der Waals surface area contributed by atoms with Gasteiger partial charge in [-0.15, -0.1) is 0 Å². The predicted octanol–water partition coefficient (Wildman–Crippen LogP) is 0.922. The fraction of sp³-hybridized carbons (Fsp3) is 0.250. The number of nitrogens with zero attached hydrogens (tertiary/aromatic N) is 1. The Bertz CT molecular complexity index is 431. The number of nitrogens with one attached hydrogen (secondary N) is 1. The minimum absolute atomic E-state index is 0.370. The maximum absolute atomic E-state index is 11.2. The van der Waals surface area contributed by atoms with Crippen LogP contribution in [0.5, 0.6) is 0 Å². The van der Waals surface area contributed by atoms with Crippen LogP contribution in [0, 0.1) is 0 Å². The highest BCUT2D eigenvalue weighted by Gasteiger charge is 1.99. The van der Waals surface area contributed by atoms with E-state index in [0.717, 1.165) is 0 Å². The molecule has 0 aliphatic rings. The molecule has 1 aromatic heterocycles. The monoisotopic (exact) mass is 244 g/mol. The standard InChI is InChI=1S/C8H9BrN2O2/c1-2-11-5-6(3-4-9)7(12)10-8(11)13/h3-5H,2H2,1H3,(H,10,12,13)/b4-3+. The molecule has 0 atom stereocenters. The third-order valence-electron chi connectivity index (χ3n) is 1.62. The van der Waals surface area contributed by atoms with Gasteiger partial charge in [-0.05, 0) is 18.0 Å². The predicted molar refractivity (Wildman–Crippen MR) is 55.0 cm³/mol. The fourth-order valence-corrected chi connectivity index (χ4v) is 1.23. The van der Waals surface area contributed by atoms with Crippen LogP contribution in [0.2, 0.25) is 0 Å². The van der Waals surface area contributed by atoms with E-state index in [4.69, 9.17) is 0 Å². The second-order valence-electron chi connectivity index (χ2n) is 2.42. The molecule has 1 rings (SSSR count). The van der Waals surface area contributed by atoms with Gasteiger partial charge in [-0.3, -0.25) is 9.78 Å². The van der Waals surface area contributed by atoms with Crippen molar-refractivity contribution in [2.24, 2.45) is 0 Å². The van der Waals surface area contributed by atoms with Crippen molar-refractivity contribution >= 4 is 22.0 Å². The number of hydrogen-bond acceptors (Lipinski definition) is 2. The third-order valence-corrected chi connectivity index (χ3v) is 1.89. The van der Waals surface area contributed by atoms with Crippen LogP contribution in [-0.4, -0.2) is 9.55 Å². The number of rotatable bonds is 2. The first-order valence-electron chi connectivity index (χ1n) is 3.79. The van der Waals surface area contributed by atoms with Gasteiger partial charge in [-0.2, -0.15) is 0 Å². The molecule has 13 heavy (non-hydrogen) atoms. The van der Waals surface area contributed by atoms with E-state index >= 15 is 0 Å². The van der Waals surface area contributed by atoms with Crippen molar-refractivity contribution in [3.63, 3.8) is 0 Å². The normalized spacial score (nSPS) is 10.9. The van der Waals surface area contributed by atoms with Crippen molar-refractivity contribution in [1.29, 1.82) is 0 Å². The van der Waals surface area contributed by atoms with Crippen LogP contribution in [0.15, 0.2) is 20.8 Å². The first-order valence-corrected chi connectivity index (χ1v) is 4.71. The summed E-state index contributed by atoms with van der Waals surface area (Å²) >= 11 is 3.06. The fourth-order valence-electron chi connectivity index (χ4n) is 0.948. The zero-order chi connectivity index (χ0) is 9.84. The molecule has 5 heteroatoms. The molecule has 1 heterocycles. The van der Waals surface area contributed by atoms with Crippen molar-refractivity contribution in [1.82, 2.24) is 9.55 Å². The SMILES string of the molecule is CCn1cc(/C=C/Br)c(=O)[nH]c1=O. The van der Waals surface area contributed by atoms with Gasteiger partial charge in [0, 0.05) is 12.7 Å². The second kappa shape index (κ2) is 4.23. The van der Waals surface area contributed by atoms with Crippen LogP contribution < -0.4 is 11.2 Å². The lowest BCUT2D eigenvalue weighted by Crippen LogP contribution is -2.30. The summed E-state index contributed by atoms with van der Waals surface area (Å²) in [5, 5.41) is 0. The van der Waals surface area contributed by atoms with Gasteiger partial charge in [-0.1, -0.05) is 15.9 Å². The van der Waals surface area contributed by atoms with E-state index in [1.54, 1.807) is 11.1 Å². The van der Waals surface area contributed by atoms with Gasteiger partial charge in [0.1, 0.15) is 0 Å². The van der Waals surface area contributed by atoms with Crippen LogP contribution in [-0.2, 0) is 6.54 Å². The lowest BCUT2D eigenvalue weighted by Gasteiger charge is -2.00. The molecule has 0 saturated heterocycles. The van der Waals surface area contributed by atoms with E-state index < -0.39 is 0 Å². The van der Waals surface area contributed by atoms with Gasteiger partial charge in [0.25, 0.3) is 5.56 Å². The number of aryl methyl sites for hydroxylation is 1. The largest absolute Gasteiger partial charge is 0.328 e. The van der Waals surface area contributed by atoms with E-state index in [-0.39, 0.29) is 11.2 Å². The van der Waals surface area contributed by atoms with Gasteiger partial charge < -0.3 is 4.57 Å². The lowest BCUT2D eigenvalue weighted by atomic mass is 10.3. The molecule has 0 aliphatic heterocycles. The van der Waals surface area contributed by atoms with E-state index in [2.05, 4.69) is 20.9 Å². The molecule has 1 aromatic rings. The molecule has 0 amide bonds. The second-order valence-corrected chi connectivity index (χ2v) is 2.95. The zero-order valence-electron chi connectivity index (χ0n) is 7.08. The highest BCUT2D eigenvalue weighted by atomic mass is 79.9. The van der Waals surface area contributed by atoms with E-state index in [1.807, 2.05) is 6.92 Å². The van der Waals surface area contributed by atoms with Gasteiger partial charge >= 0.3 is 5.69 Å². The van der Waals surface area contributed by atoms with Crippen LogP contribution in [0.4, 0.5) is 0 Å². The topological polar surface area (TPSA) is 54.9 Å². The number of aromatic nitrogens is 2. The van der Waals surface area contributed by atoms with Crippen LogP contribution in [0.25, 0.3) is 6.08 Å². The Morgan fingerprint density at radius 1 is 1.62 bits per heavy atom. The van der Waals surface area contributed by atoms with Crippen LogP contribution >= 0.6 is 15.9 Å². The molecule has 4 nitrogen and oxygen atoms in total. The molecule has 0 fully saturated rings. The Kier molecular flexibility index (Phi) is 3.25. The van der Waals surface area contributed by atoms with Crippen molar-refractivity contribution in [3.8, 4) is 0 Å². The van der Waals surface area contributed by atoms with E-state index in [9.17, 15) is 9.59 Å². The number of aromatic amines is 1. The third kappa shape index (κ3) is 2.18. The Balaban J connectivity index is 3.39. The molecular formula is C8H9BrN2O2. The Labute approximate surface area is 83.0 Å². The highest BCUT2D eigenvalue weighted by Crippen LogP contribution is 1.94. The zero-order valence-corrected chi connectivity index (χ0v) is 8.67. The molecule has 70 valence electrons.